The van der Waals surface area contributed by atoms with E-state index in [1.807, 2.05) is 77.4 Å². The van der Waals surface area contributed by atoms with Gasteiger partial charge in [0.05, 0.1) is 12.2 Å². The lowest BCUT2D eigenvalue weighted by atomic mass is 9.71. The Morgan fingerprint density at radius 1 is 0.875 bits per heavy atom. The van der Waals surface area contributed by atoms with E-state index in [2.05, 4.69) is 39.5 Å². The minimum absolute atomic E-state index is 0.0813. The smallest absolute Gasteiger partial charge is 0.326 e. The number of amides is 2. The molecule has 3 aliphatic heterocycles. The Bertz CT molecular complexity index is 1670. The van der Waals surface area contributed by atoms with Crippen LogP contribution in [0.15, 0.2) is 65.7 Å². The van der Waals surface area contributed by atoms with Gasteiger partial charge >= 0.3 is 6.03 Å². The van der Waals surface area contributed by atoms with Crippen molar-refractivity contribution in [1.29, 1.82) is 0 Å². The highest BCUT2D eigenvalue weighted by Crippen LogP contribution is 2.54. The number of halogens is 3. The van der Waals surface area contributed by atoms with Crippen molar-refractivity contribution in [2.45, 2.75) is 89.8 Å². The summed E-state index contributed by atoms with van der Waals surface area (Å²) in [6.07, 6.45) is 4.42. The second kappa shape index (κ2) is 13.5. The molecule has 3 heterocycles. The van der Waals surface area contributed by atoms with Crippen LogP contribution in [0.25, 0.3) is 0 Å². The summed E-state index contributed by atoms with van der Waals surface area (Å²) < 4.78 is 6.33. The van der Waals surface area contributed by atoms with Crippen LogP contribution in [0.3, 0.4) is 0 Å². The summed E-state index contributed by atoms with van der Waals surface area (Å²) in [5, 5.41) is 1.87. The second-order valence-corrected chi connectivity index (χ2v) is 16.0. The molecule has 6 rings (SSSR count). The van der Waals surface area contributed by atoms with Crippen molar-refractivity contribution >= 4 is 46.7 Å². The number of urea groups is 1. The fourth-order valence-corrected chi connectivity index (χ4v) is 8.51. The van der Waals surface area contributed by atoms with Gasteiger partial charge in [0.15, 0.2) is 0 Å². The Kier molecular flexibility index (Phi) is 9.87. The molecule has 0 saturated carbocycles. The molecule has 0 aliphatic carbocycles. The van der Waals surface area contributed by atoms with E-state index in [1.54, 1.807) is 0 Å². The largest absolute Gasteiger partial charge is 0.493 e. The van der Waals surface area contributed by atoms with Crippen molar-refractivity contribution in [3.05, 3.63) is 98.0 Å². The maximum atomic E-state index is 15.3. The van der Waals surface area contributed by atoms with Crippen LogP contribution in [-0.2, 0) is 16.5 Å². The topological polar surface area (TPSA) is 48.4 Å². The van der Waals surface area contributed by atoms with Gasteiger partial charge in [-0.05, 0) is 118 Å². The molecule has 0 bridgehead atoms. The van der Waals surface area contributed by atoms with Gasteiger partial charge in [0.1, 0.15) is 22.7 Å². The second-order valence-electron chi connectivity index (χ2n) is 14.7. The molecule has 0 N–H and O–H groups in total. The van der Waals surface area contributed by atoms with Crippen molar-refractivity contribution in [3.8, 4) is 5.75 Å². The summed E-state index contributed by atoms with van der Waals surface area (Å²) in [5.41, 5.74) is 1.39. The standard InChI is InChI=1S/C39H47Cl3N4O2/c1-7-48-34-25-32(37(2,3)4)33(42)24-31(34)35-43-38(5,26-10-14-28(40)15-11-26)39(6,27-12-16-29(41)17-13-27)46(35)36(47)45-22-18-30(19-23-45)44-20-8-9-21-44/h10-17,24-25,30H,7-9,18-23H2,1-6H3/t38-,39-/m0/s1. The van der Waals surface area contributed by atoms with Crippen LogP contribution in [0.5, 0.6) is 5.75 Å². The van der Waals surface area contributed by atoms with E-state index < -0.39 is 11.1 Å². The highest BCUT2D eigenvalue weighted by Gasteiger charge is 2.60. The van der Waals surface area contributed by atoms with E-state index in [-0.39, 0.29) is 11.4 Å². The van der Waals surface area contributed by atoms with E-state index in [0.29, 0.717) is 58.0 Å². The molecule has 6 nitrogen and oxygen atoms in total. The summed E-state index contributed by atoms with van der Waals surface area (Å²) in [5.74, 6) is 1.18. The first-order valence-corrected chi connectivity index (χ1v) is 18.3. The molecular formula is C39H47Cl3N4O2. The first kappa shape index (κ1) is 35.1. The van der Waals surface area contributed by atoms with E-state index in [9.17, 15) is 0 Å². The number of nitrogens with zero attached hydrogens (tertiary/aromatic N) is 4. The highest BCUT2D eigenvalue weighted by molar-refractivity contribution is 6.32. The zero-order chi connectivity index (χ0) is 34.4. The summed E-state index contributed by atoms with van der Waals surface area (Å²) in [7, 11) is 0. The lowest BCUT2D eigenvalue weighted by Crippen LogP contribution is -2.59. The average Bonchev–Trinajstić information content (AvgIpc) is 3.68. The lowest BCUT2D eigenvalue weighted by molar-refractivity contribution is 0.0872. The maximum absolute atomic E-state index is 15.3. The van der Waals surface area contributed by atoms with Crippen LogP contribution in [0.4, 0.5) is 4.79 Å². The van der Waals surface area contributed by atoms with Crippen LogP contribution < -0.4 is 4.74 Å². The molecule has 3 aromatic rings. The van der Waals surface area contributed by atoms with Crippen molar-refractivity contribution in [1.82, 2.24) is 14.7 Å². The first-order chi connectivity index (χ1) is 22.8. The zero-order valence-electron chi connectivity index (χ0n) is 29.0. The van der Waals surface area contributed by atoms with Crippen LogP contribution in [0.2, 0.25) is 15.1 Å². The van der Waals surface area contributed by atoms with Gasteiger partial charge in [-0.3, -0.25) is 9.89 Å². The molecule has 9 heteroatoms. The Labute approximate surface area is 301 Å². The van der Waals surface area contributed by atoms with Crippen molar-refractivity contribution in [3.63, 3.8) is 0 Å². The number of carbonyl (C=O) groups excluding carboxylic acids is 1. The number of carbonyl (C=O) groups is 1. The number of hydrogen-bond donors (Lipinski definition) is 0. The number of ether oxygens (including phenoxy) is 1. The van der Waals surface area contributed by atoms with Crippen LogP contribution in [0.1, 0.15) is 89.5 Å². The molecular weight excluding hydrogens is 663 g/mol. The molecule has 2 fully saturated rings. The molecule has 0 unspecified atom stereocenters. The van der Waals surface area contributed by atoms with E-state index in [0.717, 1.165) is 42.6 Å². The minimum atomic E-state index is -0.970. The van der Waals surface area contributed by atoms with Crippen molar-refractivity contribution in [2.75, 3.05) is 32.8 Å². The molecule has 0 aromatic heterocycles. The number of piperidine rings is 1. The molecule has 3 aliphatic rings. The van der Waals surface area contributed by atoms with Gasteiger partial charge in [-0.15, -0.1) is 0 Å². The number of hydrogen-bond acceptors (Lipinski definition) is 4. The quantitative estimate of drug-likeness (QED) is 0.256. The van der Waals surface area contributed by atoms with Gasteiger partial charge < -0.3 is 14.5 Å². The van der Waals surface area contributed by atoms with Gasteiger partial charge in [0.25, 0.3) is 0 Å². The highest BCUT2D eigenvalue weighted by atomic mass is 35.5. The van der Waals surface area contributed by atoms with Crippen molar-refractivity contribution < 1.29 is 9.53 Å². The SMILES string of the molecule is CCOc1cc(C(C)(C)C)c(Cl)cc1C1=N[C@@](C)(c2ccc(Cl)cc2)[C@](C)(c2ccc(Cl)cc2)N1C(=O)N1CCC(N2CCCC2)CC1. The monoisotopic (exact) mass is 708 g/mol. The number of aliphatic imine (C=N–C) groups is 1. The third-order valence-corrected chi connectivity index (χ3v) is 11.6. The molecule has 48 heavy (non-hydrogen) atoms. The maximum Gasteiger partial charge on any atom is 0.326 e. The predicted molar refractivity (Wildman–Crippen MR) is 198 cm³/mol. The number of likely N-dealkylation sites (tertiary alicyclic amines) is 2. The van der Waals surface area contributed by atoms with Gasteiger partial charge in [0, 0.05) is 34.2 Å². The number of rotatable bonds is 6. The van der Waals surface area contributed by atoms with E-state index in [4.69, 9.17) is 44.5 Å². The molecule has 0 radical (unpaired) electrons. The number of benzene rings is 3. The van der Waals surface area contributed by atoms with Gasteiger partial charge in [-0.25, -0.2) is 4.79 Å². The molecule has 2 atom stereocenters. The van der Waals surface area contributed by atoms with E-state index in [1.165, 1.54) is 12.8 Å². The third-order valence-electron chi connectivity index (χ3n) is 10.8. The van der Waals surface area contributed by atoms with Gasteiger partial charge in [-0.2, -0.15) is 0 Å². The Balaban J connectivity index is 1.55. The van der Waals surface area contributed by atoms with E-state index >= 15 is 4.79 Å². The fourth-order valence-electron chi connectivity index (χ4n) is 7.82. The third kappa shape index (κ3) is 6.23. The van der Waals surface area contributed by atoms with Crippen LogP contribution in [-0.4, -0.2) is 65.4 Å². The molecule has 256 valence electrons. The van der Waals surface area contributed by atoms with Crippen LogP contribution >= 0.6 is 34.8 Å². The van der Waals surface area contributed by atoms with Crippen molar-refractivity contribution in [2.24, 2.45) is 4.99 Å². The Morgan fingerprint density at radius 2 is 1.44 bits per heavy atom. The average molecular weight is 710 g/mol. The first-order valence-electron chi connectivity index (χ1n) is 17.2. The Hall–Kier alpha value is -2.77. The van der Waals surface area contributed by atoms with Crippen LogP contribution in [0, 0.1) is 0 Å². The minimum Gasteiger partial charge on any atom is -0.493 e. The summed E-state index contributed by atoms with van der Waals surface area (Å²) >= 11 is 19.9. The number of amidine groups is 1. The normalized spacial score (nSPS) is 23.9. The molecule has 3 aromatic carbocycles. The Morgan fingerprint density at radius 3 is 1.98 bits per heavy atom. The predicted octanol–water partition coefficient (Wildman–Crippen LogP) is 9.92. The fraction of sp³-hybridized carbons (Fsp3) is 0.487. The summed E-state index contributed by atoms with van der Waals surface area (Å²) in [6, 6.07) is 19.9. The van der Waals surface area contributed by atoms with Gasteiger partial charge in [0.2, 0.25) is 0 Å². The summed E-state index contributed by atoms with van der Waals surface area (Å²) in [6.45, 7) is 16.7. The molecule has 0 spiro atoms. The van der Waals surface area contributed by atoms with Gasteiger partial charge in [-0.1, -0.05) is 79.8 Å². The molecule has 2 amide bonds. The zero-order valence-corrected chi connectivity index (χ0v) is 31.2. The lowest BCUT2D eigenvalue weighted by Gasteiger charge is -2.47. The summed E-state index contributed by atoms with van der Waals surface area (Å²) in [4.78, 5) is 27.3. The molecule has 2 saturated heterocycles.